The summed E-state index contributed by atoms with van der Waals surface area (Å²) in [5.74, 6) is -0.423. The Morgan fingerprint density at radius 2 is 1.95 bits per heavy atom. The van der Waals surface area contributed by atoms with Crippen LogP contribution >= 0.6 is 11.8 Å². The van der Waals surface area contributed by atoms with Crippen LogP contribution in [0.1, 0.15) is 20.8 Å². The van der Waals surface area contributed by atoms with E-state index < -0.39 is 23.6 Å². The third-order valence-electron chi connectivity index (χ3n) is 2.53. The first kappa shape index (κ1) is 20.3. The van der Waals surface area contributed by atoms with Crippen LogP contribution in [-0.4, -0.2) is 60.8 Å². The molecule has 22 heavy (non-hydrogen) atoms. The number of hydrogen-bond acceptors (Lipinski definition) is 5. The molecule has 0 saturated heterocycles. The minimum atomic E-state index is -0.762. The predicted octanol–water partition coefficient (Wildman–Crippen LogP) is 0.961. The quantitative estimate of drug-likeness (QED) is 0.725. The zero-order valence-electron chi connectivity index (χ0n) is 13.8. The maximum atomic E-state index is 12.2. The summed E-state index contributed by atoms with van der Waals surface area (Å²) in [6, 6.07) is -0.762. The molecule has 0 radical (unpaired) electrons. The zero-order chi connectivity index (χ0) is 17.3. The van der Waals surface area contributed by atoms with Gasteiger partial charge in [0.15, 0.2) is 0 Å². The van der Waals surface area contributed by atoms with Gasteiger partial charge in [0.1, 0.15) is 11.6 Å². The molecule has 8 heteroatoms. The molecular weight excluding hydrogens is 306 g/mol. The van der Waals surface area contributed by atoms with Crippen molar-refractivity contribution in [2.24, 2.45) is 0 Å². The summed E-state index contributed by atoms with van der Waals surface area (Å²) in [4.78, 5) is 36.7. The van der Waals surface area contributed by atoms with Gasteiger partial charge in [0, 0.05) is 19.8 Å². The second kappa shape index (κ2) is 9.34. The van der Waals surface area contributed by atoms with Gasteiger partial charge in [0.25, 0.3) is 0 Å². The Morgan fingerprint density at radius 3 is 2.41 bits per heavy atom. The normalized spacial score (nSPS) is 12.0. The lowest BCUT2D eigenvalue weighted by Gasteiger charge is -2.29. The molecule has 7 nitrogen and oxygen atoms in total. The summed E-state index contributed by atoms with van der Waals surface area (Å²) in [5.41, 5.74) is -0.653. The number of hydrogen-bond donors (Lipinski definition) is 2. The first-order valence-corrected chi connectivity index (χ1v) is 7.84. The SMILES string of the molecule is C=CSC[C@@H](C(=O)NCC(=O)NC)N(C)C(=O)OC(C)(C)C. The second-order valence-corrected chi connectivity index (χ2v) is 6.50. The smallest absolute Gasteiger partial charge is 0.410 e. The highest BCUT2D eigenvalue weighted by atomic mass is 32.2. The maximum Gasteiger partial charge on any atom is 0.410 e. The minimum absolute atomic E-state index is 0.146. The van der Waals surface area contributed by atoms with Gasteiger partial charge in [-0.25, -0.2) is 4.79 Å². The average Bonchev–Trinajstić information content (AvgIpc) is 2.42. The van der Waals surface area contributed by atoms with E-state index in [0.717, 1.165) is 0 Å². The lowest BCUT2D eigenvalue weighted by molar-refractivity contribution is -0.128. The molecule has 0 spiro atoms. The molecule has 0 aliphatic carbocycles. The van der Waals surface area contributed by atoms with Gasteiger partial charge in [-0.2, -0.15) is 0 Å². The number of nitrogens with zero attached hydrogens (tertiary/aromatic N) is 1. The fourth-order valence-corrected chi connectivity index (χ4v) is 2.05. The number of nitrogens with one attached hydrogen (secondary N) is 2. The van der Waals surface area contributed by atoms with Crippen molar-refractivity contribution in [1.82, 2.24) is 15.5 Å². The molecule has 126 valence electrons. The van der Waals surface area contributed by atoms with Crippen LogP contribution in [0.25, 0.3) is 0 Å². The van der Waals surface area contributed by atoms with E-state index in [9.17, 15) is 14.4 Å². The molecule has 0 aromatic heterocycles. The van der Waals surface area contributed by atoms with Crippen LogP contribution in [0.2, 0.25) is 0 Å². The number of thioether (sulfide) groups is 1. The Hall–Kier alpha value is -1.70. The van der Waals surface area contributed by atoms with E-state index in [0.29, 0.717) is 5.75 Å². The molecule has 0 unspecified atom stereocenters. The van der Waals surface area contributed by atoms with Gasteiger partial charge in [-0.05, 0) is 26.2 Å². The zero-order valence-corrected chi connectivity index (χ0v) is 14.6. The highest BCUT2D eigenvalue weighted by molar-refractivity contribution is 8.02. The van der Waals surface area contributed by atoms with Gasteiger partial charge >= 0.3 is 6.09 Å². The Morgan fingerprint density at radius 1 is 1.36 bits per heavy atom. The molecule has 3 amide bonds. The van der Waals surface area contributed by atoms with E-state index in [-0.39, 0.29) is 12.5 Å². The fraction of sp³-hybridized carbons (Fsp3) is 0.643. The molecule has 0 rings (SSSR count). The van der Waals surface area contributed by atoms with Crippen molar-refractivity contribution >= 4 is 29.7 Å². The van der Waals surface area contributed by atoms with Gasteiger partial charge in [0.05, 0.1) is 6.54 Å². The molecule has 0 aliphatic heterocycles. The van der Waals surface area contributed by atoms with Crippen molar-refractivity contribution in [2.45, 2.75) is 32.4 Å². The summed E-state index contributed by atoms with van der Waals surface area (Å²) >= 11 is 1.30. The number of carbonyl (C=O) groups is 3. The van der Waals surface area contributed by atoms with E-state index in [1.807, 2.05) is 0 Å². The maximum absolute atomic E-state index is 12.2. The molecule has 0 saturated carbocycles. The molecular formula is C14H25N3O4S. The third-order valence-corrected chi connectivity index (χ3v) is 3.27. The van der Waals surface area contributed by atoms with E-state index in [4.69, 9.17) is 4.74 Å². The van der Waals surface area contributed by atoms with Crippen LogP contribution in [0, 0.1) is 0 Å². The average molecular weight is 331 g/mol. The molecule has 0 fully saturated rings. The number of likely N-dealkylation sites (N-methyl/N-ethyl adjacent to an activating group) is 2. The third kappa shape index (κ3) is 7.92. The predicted molar refractivity (Wildman–Crippen MR) is 87.5 cm³/mol. The van der Waals surface area contributed by atoms with Crippen LogP contribution in [0.5, 0.6) is 0 Å². The van der Waals surface area contributed by atoms with Crippen molar-refractivity contribution in [3.05, 3.63) is 12.0 Å². The first-order chi connectivity index (χ1) is 10.1. The molecule has 1 atom stereocenters. The highest BCUT2D eigenvalue weighted by Crippen LogP contribution is 2.14. The van der Waals surface area contributed by atoms with Crippen molar-refractivity contribution in [3.8, 4) is 0 Å². The monoisotopic (exact) mass is 331 g/mol. The van der Waals surface area contributed by atoms with Crippen LogP contribution in [0.15, 0.2) is 12.0 Å². The largest absolute Gasteiger partial charge is 0.444 e. The number of carbonyl (C=O) groups excluding carboxylic acids is 3. The second-order valence-electron chi connectivity index (χ2n) is 5.50. The van der Waals surface area contributed by atoms with E-state index >= 15 is 0 Å². The molecule has 0 heterocycles. The van der Waals surface area contributed by atoms with Crippen LogP contribution in [-0.2, 0) is 14.3 Å². The molecule has 0 aromatic rings. The van der Waals surface area contributed by atoms with Crippen LogP contribution in [0.4, 0.5) is 4.79 Å². The number of ether oxygens (including phenoxy) is 1. The molecule has 2 N–H and O–H groups in total. The van der Waals surface area contributed by atoms with Crippen LogP contribution in [0.3, 0.4) is 0 Å². The van der Waals surface area contributed by atoms with Crippen LogP contribution < -0.4 is 10.6 Å². The number of rotatable bonds is 7. The number of amides is 3. The Balaban J connectivity index is 4.86. The Labute approximate surface area is 135 Å². The lowest BCUT2D eigenvalue weighted by atomic mass is 10.2. The lowest BCUT2D eigenvalue weighted by Crippen LogP contribution is -2.51. The van der Waals surface area contributed by atoms with Gasteiger partial charge in [0.2, 0.25) is 11.8 Å². The van der Waals surface area contributed by atoms with Crippen molar-refractivity contribution in [2.75, 3.05) is 26.4 Å². The topological polar surface area (TPSA) is 87.7 Å². The van der Waals surface area contributed by atoms with E-state index in [2.05, 4.69) is 17.2 Å². The van der Waals surface area contributed by atoms with Gasteiger partial charge in [-0.3, -0.25) is 14.5 Å². The first-order valence-electron chi connectivity index (χ1n) is 6.79. The van der Waals surface area contributed by atoms with Crippen molar-refractivity contribution < 1.29 is 19.1 Å². The molecule has 0 aliphatic rings. The Bertz CT molecular complexity index is 421. The van der Waals surface area contributed by atoms with Crippen molar-refractivity contribution in [3.63, 3.8) is 0 Å². The van der Waals surface area contributed by atoms with Crippen molar-refractivity contribution in [1.29, 1.82) is 0 Å². The molecule has 0 aromatic carbocycles. The summed E-state index contributed by atoms with van der Waals surface area (Å²) in [6.45, 7) is 8.67. The summed E-state index contributed by atoms with van der Waals surface area (Å²) < 4.78 is 5.25. The summed E-state index contributed by atoms with van der Waals surface area (Å²) in [6.07, 6.45) is -0.600. The minimum Gasteiger partial charge on any atom is -0.444 e. The standard InChI is InChI=1S/C14H25N3O4S/c1-7-22-9-10(12(19)16-8-11(18)15-5)17(6)13(20)21-14(2,3)4/h7,10H,1,8-9H2,2-6H3,(H,15,18)(H,16,19)/t10-/m0/s1. The van der Waals surface area contributed by atoms with Gasteiger partial charge < -0.3 is 15.4 Å². The van der Waals surface area contributed by atoms with E-state index in [1.165, 1.54) is 30.8 Å². The Kier molecular flexibility index (Phi) is 8.62. The highest BCUT2D eigenvalue weighted by Gasteiger charge is 2.30. The fourth-order valence-electron chi connectivity index (χ4n) is 1.36. The van der Waals surface area contributed by atoms with Gasteiger partial charge in [-0.15, -0.1) is 11.8 Å². The summed E-state index contributed by atoms with van der Waals surface area (Å²) in [5, 5.41) is 6.48. The van der Waals surface area contributed by atoms with E-state index in [1.54, 1.807) is 26.2 Å². The van der Waals surface area contributed by atoms with Gasteiger partial charge in [-0.1, -0.05) is 6.58 Å². The summed E-state index contributed by atoms with van der Waals surface area (Å²) in [7, 11) is 2.97. The molecule has 0 bridgehead atoms.